The van der Waals surface area contributed by atoms with Crippen LogP contribution in [-0.2, 0) is 19.6 Å². The molecule has 0 aliphatic heterocycles. The van der Waals surface area contributed by atoms with Crippen LogP contribution in [0.3, 0.4) is 0 Å². The summed E-state index contributed by atoms with van der Waals surface area (Å²) in [5.74, 6) is -1.66. The second-order valence-corrected chi connectivity index (χ2v) is 7.85. The van der Waals surface area contributed by atoms with Crippen molar-refractivity contribution < 1.29 is 23.1 Å². The molecule has 0 aromatic carbocycles. The van der Waals surface area contributed by atoms with Crippen LogP contribution < -0.4 is 5.32 Å². The van der Waals surface area contributed by atoms with Crippen LogP contribution in [0.2, 0.25) is 0 Å². The van der Waals surface area contributed by atoms with Crippen molar-refractivity contribution in [2.45, 2.75) is 40.7 Å². The Kier molecular flexibility index (Phi) is 6.63. The summed E-state index contributed by atoms with van der Waals surface area (Å²) in [4.78, 5) is 21.9. The lowest BCUT2D eigenvalue weighted by molar-refractivity contribution is -0.140. The molecule has 2 N–H and O–H groups in total. The Morgan fingerprint density at radius 3 is 2.15 bits per heavy atom. The Bertz CT molecular complexity index is 453. The van der Waals surface area contributed by atoms with Crippen LogP contribution in [0.25, 0.3) is 0 Å². The zero-order valence-corrected chi connectivity index (χ0v) is 13.5. The van der Waals surface area contributed by atoms with Gasteiger partial charge in [-0.1, -0.05) is 20.8 Å². The number of amides is 1. The van der Waals surface area contributed by atoms with Crippen LogP contribution in [0.1, 0.15) is 34.6 Å². The van der Waals surface area contributed by atoms with E-state index < -0.39 is 27.4 Å². The van der Waals surface area contributed by atoms with Crippen molar-refractivity contribution in [1.29, 1.82) is 0 Å². The summed E-state index contributed by atoms with van der Waals surface area (Å²) in [6, 6.07) is -1.17. The van der Waals surface area contributed by atoms with E-state index in [1.165, 1.54) is 13.8 Å². The predicted molar refractivity (Wildman–Crippen MR) is 75.7 cm³/mol. The molecule has 20 heavy (non-hydrogen) atoms. The summed E-state index contributed by atoms with van der Waals surface area (Å²) < 4.78 is 25.6. The normalized spacial score (nSPS) is 14.1. The molecule has 0 heterocycles. The van der Waals surface area contributed by atoms with E-state index >= 15 is 0 Å². The van der Waals surface area contributed by atoms with Gasteiger partial charge in [-0.15, -0.1) is 0 Å². The maximum atomic E-state index is 12.3. The Morgan fingerprint density at radius 1 is 1.30 bits per heavy atom. The molecule has 0 aromatic rings. The minimum atomic E-state index is -3.72. The number of nitrogens with one attached hydrogen (secondary N) is 1. The van der Waals surface area contributed by atoms with Gasteiger partial charge < -0.3 is 10.4 Å². The average molecular weight is 308 g/mol. The lowest BCUT2D eigenvalue weighted by Gasteiger charge is -2.29. The van der Waals surface area contributed by atoms with Gasteiger partial charge >= 0.3 is 5.97 Å². The third kappa shape index (κ3) is 6.85. The number of carboxylic acid groups (broad SMARTS) is 1. The molecule has 0 aliphatic carbocycles. The molecule has 0 radical (unpaired) electrons. The quantitative estimate of drug-likeness (QED) is 0.703. The fourth-order valence-corrected chi connectivity index (χ4v) is 3.87. The van der Waals surface area contributed by atoms with Gasteiger partial charge in [0.1, 0.15) is 6.04 Å². The van der Waals surface area contributed by atoms with Crippen molar-refractivity contribution in [3.63, 3.8) is 0 Å². The van der Waals surface area contributed by atoms with E-state index in [1.807, 2.05) is 0 Å². The third-order valence-electron chi connectivity index (χ3n) is 2.47. The van der Waals surface area contributed by atoms with Gasteiger partial charge in [-0.2, -0.15) is 4.31 Å². The topological polar surface area (TPSA) is 104 Å². The van der Waals surface area contributed by atoms with Crippen LogP contribution in [0.15, 0.2) is 0 Å². The highest BCUT2D eigenvalue weighted by Gasteiger charge is 2.34. The highest BCUT2D eigenvalue weighted by Crippen LogP contribution is 2.20. The van der Waals surface area contributed by atoms with Crippen LogP contribution >= 0.6 is 0 Å². The van der Waals surface area contributed by atoms with Crippen LogP contribution in [0, 0.1) is 5.41 Å². The van der Waals surface area contributed by atoms with E-state index in [0.29, 0.717) is 0 Å². The minimum absolute atomic E-state index is 0.0640. The van der Waals surface area contributed by atoms with E-state index in [1.54, 1.807) is 20.8 Å². The predicted octanol–water partition coefficient (Wildman–Crippen LogP) is 0.274. The molecule has 0 fully saturated rings. The molecule has 0 aromatic heterocycles. The largest absolute Gasteiger partial charge is 0.480 e. The van der Waals surface area contributed by atoms with Crippen molar-refractivity contribution in [3.05, 3.63) is 0 Å². The summed E-state index contributed by atoms with van der Waals surface area (Å²) >= 11 is 0. The summed E-state index contributed by atoms with van der Waals surface area (Å²) in [6.07, 6.45) is 0. The van der Waals surface area contributed by atoms with Crippen molar-refractivity contribution in [2.24, 2.45) is 5.41 Å². The molecule has 0 saturated heterocycles. The van der Waals surface area contributed by atoms with E-state index in [0.717, 1.165) is 4.31 Å². The van der Waals surface area contributed by atoms with Crippen LogP contribution in [0.4, 0.5) is 0 Å². The molecule has 7 nitrogen and oxygen atoms in total. The molecule has 1 amide bonds. The summed E-state index contributed by atoms with van der Waals surface area (Å²) in [7, 11) is -3.72. The zero-order chi connectivity index (χ0) is 16.1. The molecule has 0 spiro atoms. The maximum Gasteiger partial charge on any atom is 0.321 e. The average Bonchev–Trinajstić information content (AvgIpc) is 2.19. The number of nitrogens with zero attached hydrogens (tertiary/aromatic N) is 1. The molecule has 0 rings (SSSR count). The highest BCUT2D eigenvalue weighted by molar-refractivity contribution is 7.89. The first-order valence-electron chi connectivity index (χ1n) is 6.33. The number of carbonyl (C=O) groups is 2. The summed E-state index contributed by atoms with van der Waals surface area (Å²) in [5.41, 5.74) is -0.483. The fourth-order valence-electron chi connectivity index (χ4n) is 1.67. The Hall–Kier alpha value is -1.15. The van der Waals surface area contributed by atoms with Gasteiger partial charge in [0.15, 0.2) is 0 Å². The van der Waals surface area contributed by atoms with Gasteiger partial charge in [0, 0.05) is 20.0 Å². The van der Waals surface area contributed by atoms with E-state index in [9.17, 15) is 18.0 Å². The van der Waals surface area contributed by atoms with Gasteiger partial charge in [0.05, 0.1) is 5.75 Å². The first-order chi connectivity index (χ1) is 8.87. The molecule has 0 bridgehead atoms. The maximum absolute atomic E-state index is 12.3. The van der Waals surface area contributed by atoms with Gasteiger partial charge in [-0.3, -0.25) is 9.59 Å². The third-order valence-corrected chi connectivity index (χ3v) is 4.91. The molecule has 0 saturated carbocycles. The van der Waals surface area contributed by atoms with Crippen LogP contribution in [0.5, 0.6) is 0 Å². The Balaban J connectivity index is 5.10. The monoisotopic (exact) mass is 308 g/mol. The molecule has 118 valence electrons. The summed E-state index contributed by atoms with van der Waals surface area (Å²) in [5, 5.41) is 11.5. The molecular formula is C12H24N2O5S. The van der Waals surface area contributed by atoms with E-state index in [2.05, 4.69) is 5.32 Å². The number of carboxylic acids is 1. The smallest absolute Gasteiger partial charge is 0.321 e. The van der Waals surface area contributed by atoms with Crippen molar-refractivity contribution in [3.8, 4) is 0 Å². The number of aliphatic carboxylic acids is 1. The van der Waals surface area contributed by atoms with Crippen molar-refractivity contribution >= 4 is 21.9 Å². The molecule has 1 atom stereocenters. The van der Waals surface area contributed by atoms with E-state index in [-0.39, 0.29) is 24.7 Å². The molecule has 8 heteroatoms. The first-order valence-corrected chi connectivity index (χ1v) is 7.94. The fraction of sp³-hybridized carbons (Fsp3) is 0.833. The number of hydrogen-bond acceptors (Lipinski definition) is 4. The Labute approximate surface area is 120 Å². The van der Waals surface area contributed by atoms with Gasteiger partial charge in [-0.05, 0) is 12.3 Å². The number of sulfonamides is 1. The molecule has 1 unspecified atom stereocenters. The summed E-state index contributed by atoms with van der Waals surface area (Å²) in [6.45, 7) is 7.94. The van der Waals surface area contributed by atoms with Gasteiger partial charge in [0.25, 0.3) is 0 Å². The second kappa shape index (κ2) is 7.03. The minimum Gasteiger partial charge on any atom is -0.480 e. The van der Waals surface area contributed by atoms with Gasteiger partial charge in [-0.25, -0.2) is 8.42 Å². The van der Waals surface area contributed by atoms with Gasteiger partial charge in [0.2, 0.25) is 15.9 Å². The number of hydrogen-bond donors (Lipinski definition) is 2. The van der Waals surface area contributed by atoms with Crippen LogP contribution in [-0.4, -0.2) is 54.6 Å². The zero-order valence-electron chi connectivity index (χ0n) is 12.6. The Morgan fingerprint density at radius 2 is 1.80 bits per heavy atom. The highest BCUT2D eigenvalue weighted by atomic mass is 32.2. The SMILES string of the molecule is CC(=O)NCCN(C(C)C(=O)O)S(=O)(=O)CC(C)(C)C. The number of carbonyl (C=O) groups excluding carboxylic acids is 1. The second-order valence-electron chi connectivity index (χ2n) is 5.92. The van der Waals surface area contributed by atoms with Crippen molar-refractivity contribution in [2.75, 3.05) is 18.8 Å². The first kappa shape index (κ1) is 18.9. The van der Waals surface area contributed by atoms with E-state index in [4.69, 9.17) is 5.11 Å². The lowest BCUT2D eigenvalue weighted by atomic mass is 10.0. The molecule has 0 aliphatic rings. The number of rotatable bonds is 7. The lowest BCUT2D eigenvalue weighted by Crippen LogP contribution is -2.48. The molecular weight excluding hydrogens is 284 g/mol. The van der Waals surface area contributed by atoms with Crippen molar-refractivity contribution in [1.82, 2.24) is 9.62 Å². The standard InChI is InChI=1S/C12H24N2O5S/c1-9(11(16)17)14(7-6-13-10(2)15)20(18,19)8-12(3,4)5/h9H,6-8H2,1-5H3,(H,13,15)(H,16,17).